The molecule has 3 rings (SSSR count). The third-order valence-electron chi connectivity index (χ3n) is 4.09. The van der Waals surface area contributed by atoms with E-state index in [9.17, 15) is 0 Å². The molecule has 15 heavy (non-hydrogen) atoms. The van der Waals surface area contributed by atoms with Gasteiger partial charge in [-0.05, 0) is 37.8 Å². The maximum atomic E-state index is 5.48. The van der Waals surface area contributed by atoms with Gasteiger partial charge in [-0.25, -0.2) is 0 Å². The van der Waals surface area contributed by atoms with E-state index in [1.807, 2.05) is 0 Å². The Bertz CT molecular complexity index is 335. The molecule has 3 aliphatic rings. The van der Waals surface area contributed by atoms with E-state index in [0.717, 1.165) is 31.2 Å². The summed E-state index contributed by atoms with van der Waals surface area (Å²) in [7, 11) is 1.77. The van der Waals surface area contributed by atoms with E-state index in [-0.39, 0.29) is 5.54 Å². The summed E-state index contributed by atoms with van der Waals surface area (Å²) in [4.78, 5) is 0. The summed E-state index contributed by atoms with van der Waals surface area (Å²) in [6.45, 7) is 2.22. The fourth-order valence-corrected chi connectivity index (χ4v) is 3.34. The Morgan fingerprint density at radius 3 is 3.27 bits per heavy atom. The minimum absolute atomic E-state index is 0.214. The summed E-state index contributed by atoms with van der Waals surface area (Å²) in [5.74, 6) is 1.83. The maximum absolute atomic E-state index is 5.48. The molecule has 3 heteroatoms. The molecular formula is C12H18N2O. The van der Waals surface area contributed by atoms with Crippen LogP contribution >= 0.6 is 0 Å². The zero-order valence-electron chi connectivity index (χ0n) is 9.18. The summed E-state index contributed by atoms with van der Waals surface area (Å²) in [5, 5.41) is 7.04. The fraction of sp³-hybridized carbons (Fsp3) is 0.667. The largest absolute Gasteiger partial charge is 0.497 e. The molecular weight excluding hydrogens is 188 g/mol. The van der Waals surface area contributed by atoms with Crippen LogP contribution in [-0.4, -0.2) is 25.7 Å². The molecule has 0 amide bonds. The summed E-state index contributed by atoms with van der Waals surface area (Å²) < 4.78 is 5.48. The van der Waals surface area contributed by atoms with Gasteiger partial charge >= 0.3 is 0 Å². The molecule has 1 fully saturated rings. The minimum Gasteiger partial charge on any atom is -0.497 e. The number of methoxy groups -OCH3 is 1. The van der Waals surface area contributed by atoms with E-state index in [1.165, 1.54) is 18.4 Å². The van der Waals surface area contributed by atoms with Crippen molar-refractivity contribution in [3.8, 4) is 0 Å². The van der Waals surface area contributed by atoms with Crippen molar-refractivity contribution in [2.45, 2.75) is 24.8 Å². The van der Waals surface area contributed by atoms with Crippen molar-refractivity contribution in [2.75, 3.05) is 20.2 Å². The Morgan fingerprint density at radius 2 is 2.40 bits per heavy atom. The van der Waals surface area contributed by atoms with Crippen LogP contribution in [0, 0.1) is 5.92 Å². The van der Waals surface area contributed by atoms with Gasteiger partial charge in [-0.3, -0.25) is 0 Å². The van der Waals surface area contributed by atoms with Crippen molar-refractivity contribution < 1.29 is 4.74 Å². The van der Waals surface area contributed by atoms with Crippen LogP contribution in [0.3, 0.4) is 0 Å². The molecule has 3 nitrogen and oxygen atoms in total. The van der Waals surface area contributed by atoms with E-state index in [4.69, 9.17) is 4.74 Å². The normalized spacial score (nSPS) is 38.3. The summed E-state index contributed by atoms with van der Waals surface area (Å²) in [6, 6.07) is 0. The van der Waals surface area contributed by atoms with E-state index < -0.39 is 0 Å². The van der Waals surface area contributed by atoms with Gasteiger partial charge in [-0.2, -0.15) is 0 Å². The maximum Gasteiger partial charge on any atom is 0.121 e. The molecule has 2 heterocycles. The monoisotopic (exact) mass is 206 g/mol. The molecule has 1 saturated heterocycles. The van der Waals surface area contributed by atoms with Crippen molar-refractivity contribution in [1.82, 2.24) is 10.6 Å². The van der Waals surface area contributed by atoms with Crippen LogP contribution in [0.15, 0.2) is 23.6 Å². The topological polar surface area (TPSA) is 33.3 Å². The van der Waals surface area contributed by atoms with Gasteiger partial charge in [0.15, 0.2) is 0 Å². The third-order valence-corrected chi connectivity index (χ3v) is 4.09. The van der Waals surface area contributed by atoms with Gasteiger partial charge in [-0.15, -0.1) is 0 Å². The van der Waals surface area contributed by atoms with Gasteiger partial charge in [0.05, 0.1) is 12.6 Å². The number of ether oxygens (including phenoxy) is 1. The zero-order chi connectivity index (χ0) is 10.3. The highest BCUT2D eigenvalue weighted by Gasteiger charge is 2.49. The molecule has 0 aromatic carbocycles. The van der Waals surface area contributed by atoms with Crippen molar-refractivity contribution in [2.24, 2.45) is 5.92 Å². The van der Waals surface area contributed by atoms with Gasteiger partial charge in [0.1, 0.15) is 5.76 Å². The highest BCUT2D eigenvalue weighted by atomic mass is 16.5. The molecule has 2 N–H and O–H groups in total. The Labute approximate surface area is 90.6 Å². The van der Waals surface area contributed by atoms with Crippen LogP contribution in [0.25, 0.3) is 0 Å². The Morgan fingerprint density at radius 1 is 1.47 bits per heavy atom. The van der Waals surface area contributed by atoms with E-state index >= 15 is 0 Å². The van der Waals surface area contributed by atoms with E-state index in [1.54, 1.807) is 7.11 Å². The molecule has 2 atom stereocenters. The summed E-state index contributed by atoms with van der Waals surface area (Å²) in [5.41, 5.74) is 1.55. The molecule has 0 saturated carbocycles. The average Bonchev–Trinajstić information content (AvgIpc) is 2.69. The molecule has 2 unspecified atom stereocenters. The highest BCUT2D eigenvalue weighted by Crippen LogP contribution is 2.45. The molecule has 0 radical (unpaired) electrons. The van der Waals surface area contributed by atoms with Crippen molar-refractivity contribution >= 4 is 0 Å². The number of allylic oxidation sites excluding steroid dienone is 1. The Balaban J connectivity index is 2.06. The fourth-order valence-electron chi connectivity index (χ4n) is 3.34. The quantitative estimate of drug-likeness (QED) is 0.675. The van der Waals surface area contributed by atoms with Crippen molar-refractivity contribution in [1.29, 1.82) is 0 Å². The lowest BCUT2D eigenvalue weighted by Gasteiger charge is -2.43. The van der Waals surface area contributed by atoms with Crippen LogP contribution < -0.4 is 10.6 Å². The lowest BCUT2D eigenvalue weighted by atomic mass is 9.70. The molecule has 0 aromatic rings. The first-order valence-electron chi connectivity index (χ1n) is 5.80. The first kappa shape index (κ1) is 9.28. The first-order valence-corrected chi connectivity index (χ1v) is 5.80. The second-order valence-corrected chi connectivity index (χ2v) is 4.65. The lowest BCUT2D eigenvalue weighted by molar-refractivity contribution is 0.224. The molecule has 0 bridgehead atoms. The smallest absolute Gasteiger partial charge is 0.121 e. The third kappa shape index (κ3) is 1.16. The number of rotatable bonds is 1. The molecule has 1 spiro atoms. The van der Waals surface area contributed by atoms with E-state index in [2.05, 4.69) is 22.9 Å². The van der Waals surface area contributed by atoms with Crippen LogP contribution in [0.4, 0.5) is 0 Å². The van der Waals surface area contributed by atoms with Gasteiger partial charge in [0.25, 0.3) is 0 Å². The second-order valence-electron chi connectivity index (χ2n) is 4.65. The SMILES string of the molecule is COC1=CCC2CCNC23CCNC=C13. The molecule has 0 aromatic heterocycles. The number of hydrogen-bond donors (Lipinski definition) is 2. The first-order chi connectivity index (χ1) is 7.37. The Kier molecular flexibility index (Phi) is 2.02. The second kappa shape index (κ2) is 3.27. The summed E-state index contributed by atoms with van der Waals surface area (Å²) >= 11 is 0. The van der Waals surface area contributed by atoms with Gasteiger partial charge in [0.2, 0.25) is 0 Å². The zero-order valence-corrected chi connectivity index (χ0v) is 9.18. The lowest BCUT2D eigenvalue weighted by Crippen LogP contribution is -2.52. The minimum atomic E-state index is 0.214. The van der Waals surface area contributed by atoms with Gasteiger partial charge in [0, 0.05) is 18.3 Å². The summed E-state index contributed by atoms with van der Waals surface area (Å²) in [6.07, 6.45) is 8.03. The van der Waals surface area contributed by atoms with Crippen LogP contribution in [0.5, 0.6) is 0 Å². The van der Waals surface area contributed by atoms with Crippen molar-refractivity contribution in [3.63, 3.8) is 0 Å². The van der Waals surface area contributed by atoms with Crippen LogP contribution in [-0.2, 0) is 4.74 Å². The van der Waals surface area contributed by atoms with Crippen LogP contribution in [0.1, 0.15) is 19.3 Å². The predicted octanol–water partition coefficient (Wildman–Crippen LogP) is 1.15. The average molecular weight is 206 g/mol. The van der Waals surface area contributed by atoms with Gasteiger partial charge < -0.3 is 15.4 Å². The highest BCUT2D eigenvalue weighted by molar-refractivity contribution is 5.43. The standard InChI is InChI=1S/C12H18N2O/c1-15-11-3-2-9-4-6-14-12(9)5-7-13-8-10(11)12/h3,8-9,13-14H,2,4-7H2,1H3. The predicted molar refractivity (Wildman–Crippen MR) is 59.3 cm³/mol. The van der Waals surface area contributed by atoms with Crippen LogP contribution in [0.2, 0.25) is 0 Å². The van der Waals surface area contributed by atoms with Gasteiger partial charge in [-0.1, -0.05) is 0 Å². The number of nitrogens with one attached hydrogen (secondary N) is 2. The van der Waals surface area contributed by atoms with Crippen molar-refractivity contribution in [3.05, 3.63) is 23.6 Å². The van der Waals surface area contributed by atoms with E-state index in [0.29, 0.717) is 0 Å². The Hall–Kier alpha value is -0.960. The molecule has 2 aliphatic heterocycles. The number of hydrogen-bond acceptors (Lipinski definition) is 3. The molecule has 82 valence electrons. The molecule has 1 aliphatic carbocycles.